The third-order valence-electron chi connectivity index (χ3n) is 5.69. The van der Waals surface area contributed by atoms with E-state index in [4.69, 9.17) is 5.73 Å². The van der Waals surface area contributed by atoms with Crippen LogP contribution in [0.4, 0.5) is 17.1 Å². The van der Waals surface area contributed by atoms with Gasteiger partial charge in [0.25, 0.3) is 5.91 Å². The number of nitrogens with two attached hydrogens (primary N) is 1. The Hall–Kier alpha value is -3.86. The number of aldehydes is 1. The monoisotopic (exact) mass is 555 g/mol. The Morgan fingerprint density at radius 3 is 1.83 bits per heavy atom. The number of nitrogens with one attached hydrogen (secondary N) is 2. The number of para-hydroxylation sites is 1. The van der Waals surface area contributed by atoms with Crippen molar-refractivity contribution in [3.8, 4) is 0 Å². The number of allylic oxidation sites excluding steroid dienone is 2. The van der Waals surface area contributed by atoms with Gasteiger partial charge in [-0.05, 0) is 105 Å². The van der Waals surface area contributed by atoms with E-state index in [1.54, 1.807) is 6.07 Å². The third-order valence-corrected chi connectivity index (χ3v) is 5.69. The summed E-state index contributed by atoms with van der Waals surface area (Å²) in [6, 6.07) is 22.6. The zero-order valence-electron chi connectivity index (χ0n) is 26.4. The van der Waals surface area contributed by atoms with Crippen LogP contribution in [0.5, 0.6) is 0 Å². The quantitative estimate of drug-likeness (QED) is 0.216. The molecule has 5 heteroatoms. The second-order valence-corrected chi connectivity index (χ2v) is 13.2. The van der Waals surface area contributed by atoms with Crippen molar-refractivity contribution in [2.45, 2.75) is 80.7 Å². The van der Waals surface area contributed by atoms with Crippen LogP contribution in [0, 0.1) is 11.3 Å². The van der Waals surface area contributed by atoms with Crippen molar-refractivity contribution in [1.29, 1.82) is 0 Å². The lowest BCUT2D eigenvalue weighted by Gasteiger charge is -2.24. The molecule has 1 aliphatic carbocycles. The maximum atomic E-state index is 13.0. The van der Waals surface area contributed by atoms with E-state index in [0.29, 0.717) is 16.8 Å². The highest BCUT2D eigenvalue weighted by Gasteiger charge is 2.28. The molecule has 220 valence electrons. The molecule has 1 amide bonds. The Morgan fingerprint density at radius 2 is 1.37 bits per heavy atom. The summed E-state index contributed by atoms with van der Waals surface area (Å²) in [6.45, 7) is 19.3. The van der Waals surface area contributed by atoms with Crippen molar-refractivity contribution in [3.63, 3.8) is 0 Å². The summed E-state index contributed by atoms with van der Waals surface area (Å²) in [4.78, 5) is 24.6. The summed E-state index contributed by atoms with van der Waals surface area (Å²) in [5.41, 5.74) is 12.3. The van der Waals surface area contributed by atoms with E-state index in [-0.39, 0.29) is 16.9 Å². The molecule has 0 spiro atoms. The van der Waals surface area contributed by atoms with Gasteiger partial charge in [-0.3, -0.25) is 9.59 Å². The van der Waals surface area contributed by atoms with E-state index in [0.717, 1.165) is 42.0 Å². The van der Waals surface area contributed by atoms with Gasteiger partial charge < -0.3 is 16.4 Å². The second kappa shape index (κ2) is 14.7. The lowest BCUT2D eigenvalue weighted by Crippen LogP contribution is -2.26. The number of nitrogen functional groups attached to an aromatic ring is 1. The first kappa shape index (κ1) is 33.3. The molecule has 0 bridgehead atoms. The molecular formula is C36H49N3O2. The number of rotatable bonds is 5. The predicted octanol–water partition coefficient (Wildman–Crippen LogP) is 9.49. The van der Waals surface area contributed by atoms with Gasteiger partial charge in [0.1, 0.15) is 6.29 Å². The highest BCUT2D eigenvalue weighted by molar-refractivity contribution is 6.06. The smallest absolute Gasteiger partial charge is 0.255 e. The first-order valence-electron chi connectivity index (χ1n) is 14.4. The standard InChI is InChI=1S/C26H32N2O2.C6H7N.C4H10/c1-25(2,3)23(18-10-11-18)19-12-17(16-29)13-20(14-19)24(30)27-21-8-7-9-22(15-21)28-26(4,5)6;7-6-4-2-1-3-5-6;1-4(2)3/h7-9,12-16,28H,10-11H2,1-6H3,(H,27,30);1-5H,7H2;4H,1-3H3. The first-order valence-corrected chi connectivity index (χ1v) is 14.4. The SMILES string of the molecule is CC(C)(C)Nc1cccc(NC(=O)c2cc(C=O)cc(C(=C3CC3)C(C)(C)C)c2)c1.CC(C)C.Nc1ccccc1. The van der Waals surface area contributed by atoms with Crippen LogP contribution in [0.1, 0.15) is 101 Å². The van der Waals surface area contributed by atoms with Gasteiger partial charge in [0.2, 0.25) is 0 Å². The molecule has 0 saturated heterocycles. The molecule has 0 radical (unpaired) electrons. The van der Waals surface area contributed by atoms with Crippen molar-refractivity contribution in [2.75, 3.05) is 16.4 Å². The van der Waals surface area contributed by atoms with Crippen molar-refractivity contribution in [2.24, 2.45) is 11.3 Å². The third kappa shape index (κ3) is 12.5. The number of hydrogen-bond donors (Lipinski definition) is 3. The van der Waals surface area contributed by atoms with Gasteiger partial charge in [0.15, 0.2) is 0 Å². The van der Waals surface area contributed by atoms with Crippen LogP contribution in [-0.4, -0.2) is 17.7 Å². The molecule has 0 aromatic heterocycles. The van der Waals surface area contributed by atoms with Crippen molar-refractivity contribution < 1.29 is 9.59 Å². The van der Waals surface area contributed by atoms with E-state index in [1.165, 1.54) is 11.1 Å². The molecule has 4 N–H and O–H groups in total. The average molecular weight is 556 g/mol. The molecule has 1 fully saturated rings. The Labute approximate surface area is 247 Å². The normalized spacial score (nSPS) is 12.3. The fraction of sp³-hybridized carbons (Fsp3) is 0.389. The Bertz CT molecular complexity index is 1320. The molecule has 5 nitrogen and oxygen atoms in total. The van der Waals surface area contributed by atoms with Gasteiger partial charge in [-0.2, -0.15) is 0 Å². The van der Waals surface area contributed by atoms with Crippen molar-refractivity contribution in [1.82, 2.24) is 0 Å². The van der Waals surface area contributed by atoms with Gasteiger partial charge >= 0.3 is 0 Å². The number of carbonyl (C=O) groups excluding carboxylic acids is 2. The molecule has 3 aromatic rings. The van der Waals surface area contributed by atoms with E-state index >= 15 is 0 Å². The molecule has 0 heterocycles. The zero-order chi connectivity index (χ0) is 30.8. The molecular weight excluding hydrogens is 506 g/mol. The Kier molecular flexibility index (Phi) is 11.9. The summed E-state index contributed by atoms with van der Waals surface area (Å²) >= 11 is 0. The average Bonchev–Trinajstić information content (AvgIpc) is 3.67. The maximum Gasteiger partial charge on any atom is 0.255 e. The first-order chi connectivity index (χ1) is 19.1. The summed E-state index contributed by atoms with van der Waals surface area (Å²) < 4.78 is 0. The Balaban J connectivity index is 0.000000447. The summed E-state index contributed by atoms with van der Waals surface area (Å²) in [5.74, 6) is 0.613. The maximum absolute atomic E-state index is 13.0. The molecule has 0 unspecified atom stereocenters. The number of amides is 1. The minimum atomic E-state index is -0.220. The van der Waals surface area contributed by atoms with E-state index in [1.807, 2.05) is 66.7 Å². The van der Waals surface area contributed by atoms with Gasteiger partial charge in [-0.1, -0.05) is 71.4 Å². The minimum Gasteiger partial charge on any atom is -0.399 e. The summed E-state index contributed by atoms with van der Waals surface area (Å²) in [5, 5.41) is 6.38. The fourth-order valence-electron chi connectivity index (χ4n) is 4.24. The fourth-order valence-corrected chi connectivity index (χ4v) is 4.24. The summed E-state index contributed by atoms with van der Waals surface area (Å²) in [7, 11) is 0. The van der Waals surface area contributed by atoms with E-state index in [9.17, 15) is 9.59 Å². The molecule has 0 aliphatic heterocycles. The number of anilines is 3. The lowest BCUT2D eigenvalue weighted by atomic mass is 9.80. The van der Waals surface area contributed by atoms with Crippen LogP contribution in [0.3, 0.4) is 0 Å². The van der Waals surface area contributed by atoms with Gasteiger partial charge in [-0.25, -0.2) is 0 Å². The molecule has 3 aromatic carbocycles. The van der Waals surface area contributed by atoms with E-state index < -0.39 is 0 Å². The predicted molar refractivity (Wildman–Crippen MR) is 177 cm³/mol. The van der Waals surface area contributed by atoms with Crippen molar-refractivity contribution >= 4 is 34.8 Å². The minimum absolute atomic E-state index is 0.0476. The second-order valence-electron chi connectivity index (χ2n) is 13.2. The van der Waals surface area contributed by atoms with Crippen LogP contribution in [0.25, 0.3) is 5.57 Å². The van der Waals surface area contributed by atoms with Crippen LogP contribution >= 0.6 is 0 Å². The van der Waals surface area contributed by atoms with Gasteiger partial charge in [0, 0.05) is 33.7 Å². The molecule has 0 atom stereocenters. The molecule has 4 rings (SSSR count). The summed E-state index contributed by atoms with van der Waals surface area (Å²) in [6.07, 6.45) is 2.99. The van der Waals surface area contributed by atoms with E-state index in [2.05, 4.69) is 72.9 Å². The zero-order valence-corrected chi connectivity index (χ0v) is 26.4. The number of hydrogen-bond acceptors (Lipinski definition) is 4. The van der Waals surface area contributed by atoms with Crippen LogP contribution in [0.2, 0.25) is 0 Å². The topological polar surface area (TPSA) is 84.2 Å². The Morgan fingerprint density at radius 1 is 0.805 bits per heavy atom. The molecule has 41 heavy (non-hydrogen) atoms. The van der Waals surface area contributed by atoms with Crippen LogP contribution < -0.4 is 16.4 Å². The number of carbonyl (C=O) groups is 2. The highest BCUT2D eigenvalue weighted by atomic mass is 16.1. The van der Waals surface area contributed by atoms with Gasteiger partial charge in [-0.15, -0.1) is 0 Å². The van der Waals surface area contributed by atoms with Crippen LogP contribution in [-0.2, 0) is 0 Å². The molecule has 1 aliphatic rings. The largest absolute Gasteiger partial charge is 0.399 e. The van der Waals surface area contributed by atoms with Gasteiger partial charge in [0.05, 0.1) is 0 Å². The molecule has 1 saturated carbocycles. The van der Waals surface area contributed by atoms with Crippen molar-refractivity contribution in [3.05, 3.63) is 95.1 Å². The lowest BCUT2D eigenvalue weighted by molar-refractivity contribution is 0.102. The highest BCUT2D eigenvalue weighted by Crippen LogP contribution is 2.45. The number of benzene rings is 3. The van der Waals surface area contributed by atoms with Crippen LogP contribution in [0.15, 0.2) is 78.4 Å².